The van der Waals surface area contributed by atoms with Crippen molar-refractivity contribution >= 4 is 17.7 Å². The van der Waals surface area contributed by atoms with Crippen LogP contribution in [0.15, 0.2) is 48.0 Å². The van der Waals surface area contributed by atoms with Crippen molar-refractivity contribution in [2.24, 2.45) is 0 Å². The largest absolute Gasteiger partial charge is 0.504 e. The Hall–Kier alpha value is -3.46. The van der Waals surface area contributed by atoms with Crippen LogP contribution in [0.1, 0.15) is 5.56 Å². The van der Waals surface area contributed by atoms with Gasteiger partial charge in [0, 0.05) is 5.69 Å². The Morgan fingerprint density at radius 1 is 1.17 bits per heavy atom. The number of methoxy groups -OCH3 is 2. The molecule has 24 heavy (non-hydrogen) atoms. The smallest absolute Gasteiger partial charge is 0.266 e. The Kier molecular flexibility index (Phi) is 5.42. The van der Waals surface area contributed by atoms with Crippen molar-refractivity contribution in [3.63, 3.8) is 0 Å². The fourth-order valence-electron chi connectivity index (χ4n) is 1.98. The molecule has 0 spiro atoms. The summed E-state index contributed by atoms with van der Waals surface area (Å²) in [6.07, 6.45) is 1.39. The van der Waals surface area contributed by atoms with Gasteiger partial charge in [0.2, 0.25) is 0 Å². The van der Waals surface area contributed by atoms with E-state index in [2.05, 4.69) is 5.32 Å². The Morgan fingerprint density at radius 2 is 1.88 bits per heavy atom. The summed E-state index contributed by atoms with van der Waals surface area (Å²) < 4.78 is 9.99. The number of anilines is 1. The number of benzene rings is 2. The molecule has 2 aromatic carbocycles. The summed E-state index contributed by atoms with van der Waals surface area (Å²) in [5, 5.41) is 21.6. The van der Waals surface area contributed by atoms with E-state index in [9.17, 15) is 15.2 Å². The van der Waals surface area contributed by atoms with Crippen molar-refractivity contribution in [2.45, 2.75) is 0 Å². The molecule has 0 aliphatic carbocycles. The fourth-order valence-corrected chi connectivity index (χ4v) is 1.98. The molecule has 0 fully saturated rings. The maximum atomic E-state index is 12.2. The normalized spacial score (nSPS) is 10.6. The van der Waals surface area contributed by atoms with Crippen LogP contribution in [-0.4, -0.2) is 25.2 Å². The van der Waals surface area contributed by atoms with Crippen molar-refractivity contribution in [2.75, 3.05) is 19.5 Å². The number of phenols is 1. The summed E-state index contributed by atoms with van der Waals surface area (Å²) in [6.45, 7) is 0. The van der Waals surface area contributed by atoms with E-state index in [1.165, 1.54) is 19.3 Å². The SMILES string of the molecule is COc1ccc(NC(=O)/C(C#N)=C\c2ccc(OC)c(O)c2)cc1. The number of nitrogens with one attached hydrogen (secondary N) is 1. The summed E-state index contributed by atoms with van der Waals surface area (Å²) in [7, 11) is 2.99. The quantitative estimate of drug-likeness (QED) is 0.652. The van der Waals surface area contributed by atoms with Crippen LogP contribution >= 0.6 is 0 Å². The first-order valence-electron chi connectivity index (χ1n) is 7.01. The lowest BCUT2D eigenvalue weighted by Gasteiger charge is -2.06. The van der Waals surface area contributed by atoms with Crippen molar-refractivity contribution in [1.29, 1.82) is 5.26 Å². The molecular formula is C18H16N2O4. The minimum Gasteiger partial charge on any atom is -0.504 e. The lowest BCUT2D eigenvalue weighted by atomic mass is 10.1. The highest BCUT2D eigenvalue weighted by molar-refractivity contribution is 6.09. The minimum atomic E-state index is -0.544. The lowest BCUT2D eigenvalue weighted by Crippen LogP contribution is -2.13. The number of hydrogen-bond donors (Lipinski definition) is 2. The number of aromatic hydroxyl groups is 1. The zero-order valence-electron chi connectivity index (χ0n) is 13.2. The van der Waals surface area contributed by atoms with Gasteiger partial charge < -0.3 is 19.9 Å². The molecule has 2 rings (SSSR count). The second-order valence-electron chi connectivity index (χ2n) is 4.78. The molecule has 0 heterocycles. The Balaban J connectivity index is 2.18. The number of carbonyl (C=O) groups is 1. The van der Waals surface area contributed by atoms with Crippen LogP contribution in [0.2, 0.25) is 0 Å². The van der Waals surface area contributed by atoms with E-state index in [1.54, 1.807) is 43.5 Å². The van der Waals surface area contributed by atoms with E-state index in [-0.39, 0.29) is 11.3 Å². The first-order chi connectivity index (χ1) is 11.6. The molecule has 0 aliphatic heterocycles. The molecule has 0 aromatic heterocycles. The van der Waals surface area contributed by atoms with Gasteiger partial charge in [-0.25, -0.2) is 0 Å². The van der Waals surface area contributed by atoms with Crippen molar-refractivity contribution in [1.82, 2.24) is 0 Å². The van der Waals surface area contributed by atoms with Crippen LogP contribution in [0.4, 0.5) is 5.69 Å². The van der Waals surface area contributed by atoms with Crippen LogP contribution in [0, 0.1) is 11.3 Å². The molecule has 0 saturated carbocycles. The first kappa shape index (κ1) is 16.9. The van der Waals surface area contributed by atoms with Crippen LogP contribution in [0.3, 0.4) is 0 Å². The molecule has 0 aliphatic rings. The maximum absolute atomic E-state index is 12.2. The van der Waals surface area contributed by atoms with E-state index in [4.69, 9.17) is 9.47 Å². The van der Waals surface area contributed by atoms with Gasteiger partial charge in [-0.1, -0.05) is 6.07 Å². The van der Waals surface area contributed by atoms with E-state index in [0.717, 1.165) is 0 Å². The third-order valence-corrected chi connectivity index (χ3v) is 3.23. The standard InChI is InChI=1S/C18H16N2O4/c1-23-15-6-4-14(5-7-15)20-18(22)13(11-19)9-12-3-8-17(24-2)16(21)10-12/h3-10,21H,1-2H3,(H,20,22)/b13-9-. The molecule has 2 aromatic rings. The third kappa shape index (κ3) is 4.05. The predicted molar refractivity (Wildman–Crippen MR) is 89.9 cm³/mol. The van der Waals surface area contributed by atoms with Crippen LogP contribution in [0.5, 0.6) is 17.2 Å². The molecule has 0 bridgehead atoms. The zero-order chi connectivity index (χ0) is 17.5. The van der Waals surface area contributed by atoms with Gasteiger partial charge in [-0.15, -0.1) is 0 Å². The Bertz CT molecular complexity index is 805. The third-order valence-electron chi connectivity index (χ3n) is 3.23. The van der Waals surface area contributed by atoms with Crippen LogP contribution in [-0.2, 0) is 4.79 Å². The number of phenolic OH excluding ortho intramolecular Hbond substituents is 1. The number of ether oxygens (including phenoxy) is 2. The Morgan fingerprint density at radius 3 is 2.42 bits per heavy atom. The summed E-state index contributed by atoms with van der Waals surface area (Å²) in [6, 6.07) is 13.2. The van der Waals surface area contributed by atoms with Gasteiger partial charge in [0.05, 0.1) is 14.2 Å². The van der Waals surface area contributed by atoms with Crippen LogP contribution in [0.25, 0.3) is 6.08 Å². The molecule has 2 N–H and O–H groups in total. The van der Waals surface area contributed by atoms with E-state index < -0.39 is 5.91 Å². The first-order valence-corrected chi connectivity index (χ1v) is 7.01. The van der Waals surface area contributed by atoms with Gasteiger partial charge in [0.15, 0.2) is 11.5 Å². The highest BCUT2D eigenvalue weighted by Crippen LogP contribution is 2.27. The summed E-state index contributed by atoms with van der Waals surface area (Å²) in [5.41, 5.74) is 0.963. The summed E-state index contributed by atoms with van der Waals surface area (Å²) in [5.74, 6) is 0.364. The Labute approximate surface area is 139 Å². The van der Waals surface area contributed by atoms with E-state index >= 15 is 0 Å². The van der Waals surface area contributed by atoms with Gasteiger partial charge >= 0.3 is 0 Å². The van der Waals surface area contributed by atoms with Crippen molar-refractivity contribution in [3.05, 3.63) is 53.6 Å². The monoisotopic (exact) mass is 324 g/mol. The molecule has 6 heteroatoms. The fraction of sp³-hybridized carbons (Fsp3) is 0.111. The van der Waals surface area contributed by atoms with Crippen molar-refractivity contribution < 1.29 is 19.4 Å². The van der Waals surface area contributed by atoms with Crippen LogP contribution < -0.4 is 14.8 Å². The molecular weight excluding hydrogens is 308 g/mol. The molecule has 0 saturated heterocycles. The van der Waals surface area contributed by atoms with Gasteiger partial charge in [-0.05, 0) is 48.0 Å². The number of nitriles is 1. The second kappa shape index (κ2) is 7.70. The molecule has 0 unspecified atom stereocenters. The second-order valence-corrected chi connectivity index (χ2v) is 4.78. The topological polar surface area (TPSA) is 91.6 Å². The summed E-state index contributed by atoms with van der Waals surface area (Å²) in [4.78, 5) is 12.2. The van der Waals surface area contributed by atoms with Crippen molar-refractivity contribution in [3.8, 4) is 23.3 Å². The average molecular weight is 324 g/mol. The highest BCUT2D eigenvalue weighted by Gasteiger charge is 2.10. The molecule has 1 amide bonds. The zero-order valence-corrected chi connectivity index (χ0v) is 13.2. The van der Waals surface area contributed by atoms with Gasteiger partial charge in [0.1, 0.15) is 17.4 Å². The summed E-state index contributed by atoms with van der Waals surface area (Å²) >= 11 is 0. The van der Waals surface area contributed by atoms with E-state index in [1.807, 2.05) is 6.07 Å². The maximum Gasteiger partial charge on any atom is 0.266 e. The minimum absolute atomic E-state index is 0.0703. The molecule has 6 nitrogen and oxygen atoms in total. The number of hydrogen-bond acceptors (Lipinski definition) is 5. The van der Waals surface area contributed by atoms with Gasteiger partial charge in [0.25, 0.3) is 5.91 Å². The number of amides is 1. The number of carbonyl (C=O) groups excluding carboxylic acids is 1. The number of rotatable bonds is 5. The molecule has 0 radical (unpaired) electrons. The lowest BCUT2D eigenvalue weighted by molar-refractivity contribution is -0.112. The van der Waals surface area contributed by atoms with Gasteiger partial charge in [-0.3, -0.25) is 4.79 Å². The number of nitrogens with zero attached hydrogens (tertiary/aromatic N) is 1. The predicted octanol–water partition coefficient (Wildman–Crippen LogP) is 2.96. The average Bonchev–Trinajstić information content (AvgIpc) is 2.60. The molecule has 0 atom stereocenters. The molecule has 122 valence electrons. The van der Waals surface area contributed by atoms with Gasteiger partial charge in [-0.2, -0.15) is 5.26 Å². The van der Waals surface area contributed by atoms with E-state index in [0.29, 0.717) is 22.7 Å². The highest BCUT2D eigenvalue weighted by atomic mass is 16.5.